The molecule has 3 aromatic rings. The van der Waals surface area contributed by atoms with Gasteiger partial charge in [-0.15, -0.1) is 5.10 Å². The monoisotopic (exact) mass is 468 g/mol. The molecule has 0 aliphatic carbocycles. The van der Waals surface area contributed by atoms with Crippen molar-refractivity contribution in [2.75, 3.05) is 40.4 Å². The number of rotatable bonds is 9. The van der Waals surface area contributed by atoms with Crippen molar-refractivity contribution >= 4 is 5.91 Å². The molecule has 10 heteroatoms. The highest BCUT2D eigenvalue weighted by atomic mass is 16.5. The second-order valence-corrected chi connectivity index (χ2v) is 8.69. The second-order valence-electron chi connectivity index (χ2n) is 8.69. The predicted molar refractivity (Wildman–Crippen MR) is 125 cm³/mol. The summed E-state index contributed by atoms with van der Waals surface area (Å²) in [7, 11) is 3.26. The standard InChI is InChI=1S/C24H32N6O4/c1-17(2)22(28-11-13-29(14-12-28)24(31)20-6-5-15-34-20)23-25-26-27-30(23)10-9-18-7-8-19(32-3)21(16-18)33-4/h5-8,15-17,22H,9-14H2,1-4H3/t22-/m1/s1. The van der Waals surface area contributed by atoms with Crippen molar-refractivity contribution in [2.24, 2.45) is 5.92 Å². The van der Waals surface area contributed by atoms with Crippen LogP contribution in [0.1, 0.15) is 41.8 Å². The molecule has 0 radical (unpaired) electrons. The van der Waals surface area contributed by atoms with Crippen LogP contribution in [0, 0.1) is 5.92 Å². The average Bonchev–Trinajstić information content (AvgIpc) is 3.55. The molecule has 0 spiro atoms. The second kappa shape index (κ2) is 10.7. The third kappa shape index (κ3) is 5.06. The highest BCUT2D eigenvalue weighted by Crippen LogP contribution is 2.30. The number of hydrogen-bond acceptors (Lipinski definition) is 8. The molecule has 10 nitrogen and oxygen atoms in total. The van der Waals surface area contributed by atoms with Gasteiger partial charge in [0, 0.05) is 32.7 Å². The first kappa shape index (κ1) is 23.7. The van der Waals surface area contributed by atoms with E-state index in [0.29, 0.717) is 42.8 Å². The quantitative estimate of drug-likeness (QED) is 0.473. The number of hydrogen-bond donors (Lipinski definition) is 0. The van der Waals surface area contributed by atoms with E-state index in [0.717, 1.165) is 30.9 Å². The third-order valence-corrected chi connectivity index (χ3v) is 6.24. The molecule has 1 amide bonds. The molecule has 0 bridgehead atoms. The zero-order valence-electron chi connectivity index (χ0n) is 20.2. The van der Waals surface area contributed by atoms with E-state index in [1.165, 1.54) is 6.26 Å². The van der Waals surface area contributed by atoms with Crippen molar-refractivity contribution in [1.82, 2.24) is 30.0 Å². The van der Waals surface area contributed by atoms with Gasteiger partial charge in [0.2, 0.25) is 0 Å². The van der Waals surface area contributed by atoms with Gasteiger partial charge in [0.05, 0.1) is 26.5 Å². The SMILES string of the molecule is COc1ccc(CCn2nnnc2[C@@H](C(C)C)N2CCN(C(=O)c3ccco3)CC2)cc1OC. The highest BCUT2D eigenvalue weighted by molar-refractivity contribution is 5.91. The Morgan fingerprint density at radius 1 is 1.09 bits per heavy atom. The Morgan fingerprint density at radius 3 is 2.50 bits per heavy atom. The minimum atomic E-state index is -0.0644. The van der Waals surface area contributed by atoms with Gasteiger partial charge in [-0.05, 0) is 52.6 Å². The van der Waals surface area contributed by atoms with E-state index >= 15 is 0 Å². The molecule has 1 aliphatic heterocycles. The zero-order chi connectivity index (χ0) is 24.1. The van der Waals surface area contributed by atoms with E-state index < -0.39 is 0 Å². The Hall–Kier alpha value is -3.40. The van der Waals surface area contributed by atoms with E-state index in [1.54, 1.807) is 26.4 Å². The number of tetrazole rings is 1. The zero-order valence-corrected chi connectivity index (χ0v) is 20.2. The van der Waals surface area contributed by atoms with Gasteiger partial charge in [0.1, 0.15) is 0 Å². The maximum Gasteiger partial charge on any atom is 0.289 e. The van der Waals surface area contributed by atoms with Crippen molar-refractivity contribution < 1.29 is 18.7 Å². The number of piperazine rings is 1. The van der Waals surface area contributed by atoms with Crippen molar-refractivity contribution in [1.29, 1.82) is 0 Å². The molecular formula is C24H32N6O4. The topological polar surface area (TPSA) is 98.8 Å². The minimum absolute atomic E-state index is 0.0567. The largest absolute Gasteiger partial charge is 0.493 e. The van der Waals surface area contributed by atoms with Gasteiger partial charge in [0.15, 0.2) is 23.1 Å². The molecule has 0 N–H and O–H groups in total. The first-order valence-electron chi connectivity index (χ1n) is 11.6. The Labute approximate surface area is 199 Å². The number of nitrogens with zero attached hydrogens (tertiary/aromatic N) is 6. The number of carbonyl (C=O) groups excluding carboxylic acids is 1. The summed E-state index contributed by atoms with van der Waals surface area (Å²) in [4.78, 5) is 16.8. The lowest BCUT2D eigenvalue weighted by atomic mass is 10.0. The van der Waals surface area contributed by atoms with Gasteiger partial charge in [-0.25, -0.2) is 4.68 Å². The summed E-state index contributed by atoms with van der Waals surface area (Å²) in [5.41, 5.74) is 1.12. The Balaban J connectivity index is 1.43. The number of carbonyl (C=O) groups is 1. The summed E-state index contributed by atoms with van der Waals surface area (Å²) in [6.07, 6.45) is 2.29. The lowest BCUT2D eigenvalue weighted by molar-refractivity contribution is 0.0463. The lowest BCUT2D eigenvalue weighted by Crippen LogP contribution is -2.50. The van der Waals surface area contributed by atoms with Gasteiger partial charge >= 0.3 is 0 Å². The van der Waals surface area contributed by atoms with Crippen molar-refractivity contribution in [3.63, 3.8) is 0 Å². The normalized spacial score (nSPS) is 15.5. The van der Waals surface area contributed by atoms with E-state index in [1.807, 2.05) is 27.8 Å². The molecule has 1 fully saturated rings. The fourth-order valence-corrected chi connectivity index (χ4v) is 4.50. The molecular weight excluding hydrogens is 436 g/mol. The molecule has 3 heterocycles. The van der Waals surface area contributed by atoms with Crippen LogP contribution in [0.5, 0.6) is 11.5 Å². The highest BCUT2D eigenvalue weighted by Gasteiger charge is 2.33. The minimum Gasteiger partial charge on any atom is -0.493 e. The van der Waals surface area contributed by atoms with Crippen molar-refractivity contribution in [3.05, 3.63) is 53.7 Å². The number of aromatic nitrogens is 4. The van der Waals surface area contributed by atoms with Gasteiger partial charge in [0.25, 0.3) is 5.91 Å². The van der Waals surface area contributed by atoms with Crippen LogP contribution in [0.25, 0.3) is 0 Å². The Kier molecular flexibility index (Phi) is 7.46. The van der Waals surface area contributed by atoms with E-state index in [4.69, 9.17) is 13.9 Å². The summed E-state index contributed by atoms with van der Waals surface area (Å²) >= 11 is 0. The van der Waals surface area contributed by atoms with E-state index in [-0.39, 0.29) is 11.9 Å². The fraction of sp³-hybridized carbons (Fsp3) is 0.500. The number of aryl methyl sites for hydroxylation is 2. The molecule has 1 saturated heterocycles. The van der Waals surface area contributed by atoms with Gasteiger partial charge < -0.3 is 18.8 Å². The first-order valence-corrected chi connectivity index (χ1v) is 11.6. The van der Waals surface area contributed by atoms with Gasteiger partial charge in [-0.2, -0.15) is 0 Å². The average molecular weight is 469 g/mol. The predicted octanol–water partition coefficient (Wildman–Crippen LogP) is 2.68. The molecule has 1 atom stereocenters. The van der Waals surface area contributed by atoms with Crippen LogP contribution in [0.2, 0.25) is 0 Å². The van der Waals surface area contributed by atoms with Crippen LogP contribution in [-0.4, -0.2) is 76.3 Å². The molecule has 0 saturated carbocycles. The first-order chi connectivity index (χ1) is 16.5. The molecule has 182 valence electrons. The molecule has 0 unspecified atom stereocenters. The molecule has 4 rings (SSSR count). The number of ether oxygens (including phenoxy) is 2. The maximum atomic E-state index is 12.6. The van der Waals surface area contributed by atoms with Gasteiger partial charge in [-0.3, -0.25) is 9.69 Å². The van der Waals surface area contributed by atoms with Crippen LogP contribution in [-0.2, 0) is 13.0 Å². The van der Waals surface area contributed by atoms with Crippen LogP contribution < -0.4 is 9.47 Å². The molecule has 1 aliphatic rings. The number of benzene rings is 1. The Bertz CT molecular complexity index is 1070. The van der Waals surface area contributed by atoms with Crippen LogP contribution in [0.4, 0.5) is 0 Å². The Morgan fingerprint density at radius 2 is 1.85 bits per heavy atom. The lowest BCUT2D eigenvalue weighted by Gasteiger charge is -2.40. The van der Waals surface area contributed by atoms with E-state index in [2.05, 4.69) is 34.3 Å². The smallest absolute Gasteiger partial charge is 0.289 e. The van der Waals surface area contributed by atoms with E-state index in [9.17, 15) is 4.79 Å². The van der Waals surface area contributed by atoms with Crippen LogP contribution >= 0.6 is 0 Å². The van der Waals surface area contributed by atoms with Crippen LogP contribution in [0.15, 0.2) is 41.0 Å². The summed E-state index contributed by atoms with van der Waals surface area (Å²) in [5, 5.41) is 12.7. The number of amides is 1. The summed E-state index contributed by atoms with van der Waals surface area (Å²) in [5.74, 6) is 2.88. The summed E-state index contributed by atoms with van der Waals surface area (Å²) in [6, 6.07) is 9.42. The summed E-state index contributed by atoms with van der Waals surface area (Å²) in [6.45, 7) is 7.77. The molecule has 34 heavy (non-hydrogen) atoms. The van der Waals surface area contributed by atoms with Gasteiger partial charge in [-0.1, -0.05) is 19.9 Å². The number of furan rings is 1. The fourth-order valence-electron chi connectivity index (χ4n) is 4.50. The maximum absolute atomic E-state index is 12.6. The summed E-state index contributed by atoms with van der Waals surface area (Å²) < 4.78 is 17.9. The molecule has 2 aromatic heterocycles. The van der Waals surface area contributed by atoms with Crippen molar-refractivity contribution in [3.8, 4) is 11.5 Å². The van der Waals surface area contributed by atoms with Crippen LogP contribution in [0.3, 0.4) is 0 Å². The van der Waals surface area contributed by atoms with Crippen molar-refractivity contribution in [2.45, 2.75) is 32.9 Å². The molecule has 1 aromatic carbocycles. The number of methoxy groups -OCH3 is 2. The third-order valence-electron chi connectivity index (χ3n) is 6.24.